The molecule has 5 heteroatoms. The van der Waals surface area contributed by atoms with E-state index in [1.165, 1.54) is 0 Å². The molecule has 0 amide bonds. The largest absolute Gasteiger partial charge is 0.486 e. The number of halogens is 2. The first kappa shape index (κ1) is 14.2. The number of ketones is 1. The molecule has 0 N–H and O–H groups in total. The molecule has 1 aliphatic heterocycles. The van der Waals surface area contributed by atoms with Gasteiger partial charge >= 0.3 is 0 Å². The van der Waals surface area contributed by atoms with Crippen molar-refractivity contribution in [2.45, 2.75) is 6.42 Å². The van der Waals surface area contributed by atoms with Crippen LogP contribution in [0, 0.1) is 0 Å². The molecule has 0 atom stereocenters. The van der Waals surface area contributed by atoms with Crippen molar-refractivity contribution in [1.29, 1.82) is 0 Å². The van der Waals surface area contributed by atoms with Crippen LogP contribution in [0.5, 0.6) is 11.5 Å². The summed E-state index contributed by atoms with van der Waals surface area (Å²) in [5.41, 5.74) is 1.11. The fourth-order valence-corrected chi connectivity index (χ4v) is 2.78. The van der Waals surface area contributed by atoms with Crippen molar-refractivity contribution in [3.63, 3.8) is 0 Å². The van der Waals surface area contributed by atoms with E-state index in [0.717, 1.165) is 0 Å². The van der Waals surface area contributed by atoms with Gasteiger partial charge in [0.15, 0.2) is 17.3 Å². The van der Waals surface area contributed by atoms with Crippen molar-refractivity contribution in [3.8, 4) is 11.5 Å². The topological polar surface area (TPSA) is 35.5 Å². The van der Waals surface area contributed by atoms with Gasteiger partial charge in [0, 0.05) is 16.5 Å². The van der Waals surface area contributed by atoms with E-state index in [9.17, 15) is 4.79 Å². The molecule has 0 aromatic heterocycles. The highest BCUT2D eigenvalue weighted by molar-refractivity contribution is 6.36. The number of hydrogen-bond acceptors (Lipinski definition) is 3. The molecule has 0 fully saturated rings. The molecule has 3 rings (SSSR count). The zero-order chi connectivity index (χ0) is 14.8. The predicted molar refractivity (Wildman–Crippen MR) is 81.9 cm³/mol. The molecular formula is C16H12Cl2O3. The Balaban J connectivity index is 1.93. The van der Waals surface area contributed by atoms with Crippen molar-refractivity contribution in [2.24, 2.45) is 0 Å². The Morgan fingerprint density at radius 3 is 2.43 bits per heavy atom. The molecule has 0 unspecified atom stereocenters. The zero-order valence-electron chi connectivity index (χ0n) is 11.1. The lowest BCUT2D eigenvalue weighted by Crippen LogP contribution is -2.18. The first-order valence-electron chi connectivity index (χ1n) is 6.51. The fraction of sp³-hybridized carbons (Fsp3) is 0.188. The van der Waals surface area contributed by atoms with Gasteiger partial charge in [0.05, 0.1) is 5.56 Å². The minimum absolute atomic E-state index is 0.104. The summed E-state index contributed by atoms with van der Waals surface area (Å²) in [4.78, 5) is 12.5. The van der Waals surface area contributed by atoms with Gasteiger partial charge in [-0.1, -0.05) is 35.3 Å². The zero-order valence-corrected chi connectivity index (χ0v) is 12.6. The lowest BCUT2D eigenvalue weighted by Gasteiger charge is -2.20. The second-order valence-electron chi connectivity index (χ2n) is 4.63. The summed E-state index contributed by atoms with van der Waals surface area (Å²) >= 11 is 12.2. The number of Topliss-reactive ketones (excluding diaryl/α,β-unsaturated/α-hetero) is 1. The van der Waals surface area contributed by atoms with Crippen LogP contribution in [0.15, 0.2) is 36.4 Å². The average molecular weight is 323 g/mol. The smallest absolute Gasteiger partial charge is 0.172 e. The lowest BCUT2D eigenvalue weighted by atomic mass is 10.0. The molecule has 0 aliphatic carbocycles. The summed E-state index contributed by atoms with van der Waals surface area (Å²) in [7, 11) is 0. The van der Waals surface area contributed by atoms with E-state index >= 15 is 0 Å². The number of para-hydroxylation sites is 1. The highest BCUT2D eigenvalue weighted by Crippen LogP contribution is 2.35. The first-order valence-corrected chi connectivity index (χ1v) is 7.27. The molecule has 1 heterocycles. The second-order valence-corrected chi connectivity index (χ2v) is 5.44. The molecule has 2 aromatic carbocycles. The summed E-state index contributed by atoms with van der Waals surface area (Å²) in [5.74, 6) is 0.988. The van der Waals surface area contributed by atoms with Gasteiger partial charge in [0.25, 0.3) is 0 Å². The Morgan fingerprint density at radius 1 is 1.00 bits per heavy atom. The van der Waals surface area contributed by atoms with Gasteiger partial charge in [-0.25, -0.2) is 0 Å². The first-order chi connectivity index (χ1) is 10.2. The summed E-state index contributed by atoms with van der Waals surface area (Å²) in [5, 5.41) is 0.968. The van der Waals surface area contributed by atoms with Crippen LogP contribution in [0.25, 0.3) is 0 Å². The van der Waals surface area contributed by atoms with Gasteiger partial charge in [0.1, 0.15) is 13.2 Å². The Hall–Kier alpha value is -1.71. The van der Waals surface area contributed by atoms with Crippen molar-refractivity contribution in [2.75, 3.05) is 13.2 Å². The molecule has 0 saturated carbocycles. The second kappa shape index (κ2) is 5.96. The SMILES string of the molecule is O=C(Cc1c(Cl)cccc1Cl)c1cccc2c1OCCO2. The van der Waals surface area contributed by atoms with Gasteiger partial charge in [-0.05, 0) is 29.8 Å². The highest BCUT2D eigenvalue weighted by atomic mass is 35.5. The Labute approximate surface area is 132 Å². The van der Waals surface area contributed by atoms with Gasteiger partial charge in [-0.3, -0.25) is 4.79 Å². The van der Waals surface area contributed by atoms with E-state index in [-0.39, 0.29) is 12.2 Å². The van der Waals surface area contributed by atoms with Gasteiger partial charge in [-0.15, -0.1) is 0 Å². The number of carbonyl (C=O) groups is 1. The van der Waals surface area contributed by atoms with E-state index in [2.05, 4.69) is 0 Å². The number of rotatable bonds is 3. The standard InChI is InChI=1S/C16H12Cl2O3/c17-12-4-2-5-13(18)11(12)9-14(19)10-3-1-6-15-16(10)21-8-7-20-15/h1-6H,7-9H2. The maximum absolute atomic E-state index is 12.5. The Morgan fingerprint density at radius 2 is 1.67 bits per heavy atom. The van der Waals surface area contributed by atoms with Crippen molar-refractivity contribution in [3.05, 3.63) is 57.6 Å². The molecule has 3 nitrogen and oxygen atoms in total. The third kappa shape index (κ3) is 2.85. The summed E-state index contributed by atoms with van der Waals surface area (Å²) in [6.45, 7) is 0.922. The quantitative estimate of drug-likeness (QED) is 0.795. The van der Waals surface area contributed by atoms with Crippen molar-refractivity contribution in [1.82, 2.24) is 0 Å². The minimum Gasteiger partial charge on any atom is -0.486 e. The molecule has 0 radical (unpaired) electrons. The molecule has 2 aromatic rings. The molecule has 0 bridgehead atoms. The Bertz CT molecular complexity index is 678. The Kier molecular flexibility index (Phi) is 4.04. The van der Waals surface area contributed by atoms with Crippen LogP contribution in [0.4, 0.5) is 0 Å². The van der Waals surface area contributed by atoms with Crippen molar-refractivity contribution < 1.29 is 14.3 Å². The molecule has 21 heavy (non-hydrogen) atoms. The van der Waals surface area contributed by atoms with Crippen LogP contribution < -0.4 is 9.47 Å². The van der Waals surface area contributed by atoms with E-state index in [1.807, 2.05) is 0 Å². The van der Waals surface area contributed by atoms with E-state index in [1.54, 1.807) is 36.4 Å². The molecule has 0 spiro atoms. The van der Waals surface area contributed by atoms with Gasteiger partial charge in [0.2, 0.25) is 0 Å². The number of carbonyl (C=O) groups excluding carboxylic acids is 1. The van der Waals surface area contributed by atoms with Crippen LogP contribution in [-0.4, -0.2) is 19.0 Å². The molecule has 108 valence electrons. The average Bonchev–Trinajstić information content (AvgIpc) is 2.50. The number of benzene rings is 2. The molecule has 0 saturated heterocycles. The number of fused-ring (bicyclic) bond motifs is 1. The van der Waals surface area contributed by atoms with Crippen LogP contribution in [0.3, 0.4) is 0 Å². The minimum atomic E-state index is -0.104. The third-order valence-electron chi connectivity index (χ3n) is 3.27. The third-order valence-corrected chi connectivity index (χ3v) is 3.97. The van der Waals surface area contributed by atoms with Gasteiger partial charge in [-0.2, -0.15) is 0 Å². The predicted octanol–water partition coefficient (Wildman–Crippen LogP) is 4.19. The fourth-order valence-electron chi connectivity index (χ4n) is 2.25. The normalized spacial score (nSPS) is 13.0. The summed E-state index contributed by atoms with van der Waals surface area (Å²) in [6, 6.07) is 10.5. The molecular weight excluding hydrogens is 311 g/mol. The van der Waals surface area contributed by atoms with E-state index in [0.29, 0.717) is 45.9 Å². The van der Waals surface area contributed by atoms with Crippen LogP contribution in [0.1, 0.15) is 15.9 Å². The summed E-state index contributed by atoms with van der Waals surface area (Å²) in [6.07, 6.45) is 0.123. The van der Waals surface area contributed by atoms with Crippen LogP contribution >= 0.6 is 23.2 Å². The number of ether oxygens (including phenoxy) is 2. The number of hydrogen-bond donors (Lipinski definition) is 0. The van der Waals surface area contributed by atoms with Crippen molar-refractivity contribution >= 4 is 29.0 Å². The van der Waals surface area contributed by atoms with Gasteiger partial charge < -0.3 is 9.47 Å². The van der Waals surface area contributed by atoms with Crippen LogP contribution in [-0.2, 0) is 6.42 Å². The van der Waals surface area contributed by atoms with E-state index in [4.69, 9.17) is 32.7 Å². The maximum atomic E-state index is 12.5. The summed E-state index contributed by atoms with van der Waals surface area (Å²) < 4.78 is 11.0. The lowest BCUT2D eigenvalue weighted by molar-refractivity contribution is 0.0982. The monoisotopic (exact) mass is 322 g/mol. The maximum Gasteiger partial charge on any atom is 0.172 e. The van der Waals surface area contributed by atoms with Crippen LogP contribution in [0.2, 0.25) is 10.0 Å². The highest BCUT2D eigenvalue weighted by Gasteiger charge is 2.21. The van der Waals surface area contributed by atoms with E-state index < -0.39 is 0 Å². The molecule has 1 aliphatic rings.